The minimum atomic E-state index is -1.00. The second-order valence-electron chi connectivity index (χ2n) is 5.06. The topological polar surface area (TPSA) is 36.4 Å². The van der Waals surface area contributed by atoms with Crippen LogP contribution in [0.1, 0.15) is 11.1 Å². The lowest BCUT2D eigenvalue weighted by Crippen LogP contribution is -2.36. The van der Waals surface area contributed by atoms with Gasteiger partial charge in [0.2, 0.25) is 0 Å². The Bertz CT molecular complexity index is 729. The number of anilines is 1. The highest BCUT2D eigenvalue weighted by Crippen LogP contribution is 2.37. The smallest absolute Gasteiger partial charge is 0.148 e. The molecule has 2 aromatic rings. The third kappa shape index (κ3) is 2.71. The number of hydrogen-bond acceptors (Lipinski definition) is 3. The zero-order valence-corrected chi connectivity index (χ0v) is 13.7. The van der Waals surface area contributed by atoms with Crippen LogP contribution in [0, 0.1) is 11.6 Å². The van der Waals surface area contributed by atoms with Crippen molar-refractivity contribution in [1.82, 2.24) is 4.98 Å². The first-order chi connectivity index (χ1) is 10.5. The molecule has 1 aromatic carbocycles. The van der Waals surface area contributed by atoms with Gasteiger partial charge in [0.25, 0.3) is 0 Å². The van der Waals surface area contributed by atoms with Crippen LogP contribution in [-0.4, -0.2) is 22.9 Å². The second-order valence-corrected chi connectivity index (χ2v) is 6.28. The highest BCUT2D eigenvalue weighted by molar-refractivity contribution is 9.10. The summed E-state index contributed by atoms with van der Waals surface area (Å²) < 4.78 is 28.3. The molecule has 2 heterocycles. The molecule has 0 saturated carbocycles. The first-order valence-corrected chi connectivity index (χ1v) is 7.86. The number of halogens is 4. The number of hydrogen-bond donors (Lipinski definition) is 1. The fourth-order valence-electron chi connectivity index (χ4n) is 2.69. The third-order valence-corrected chi connectivity index (χ3v) is 4.65. The molecule has 22 heavy (non-hydrogen) atoms. The molecule has 3 nitrogen and oxygen atoms in total. The van der Waals surface area contributed by atoms with E-state index in [2.05, 4.69) is 20.9 Å². The number of benzene rings is 1. The molecule has 0 amide bonds. The maximum Gasteiger partial charge on any atom is 0.148 e. The maximum absolute atomic E-state index is 14.2. The molecule has 0 spiro atoms. The van der Waals surface area contributed by atoms with Gasteiger partial charge in [-0.2, -0.15) is 0 Å². The summed E-state index contributed by atoms with van der Waals surface area (Å²) in [6.07, 6.45) is 1.08. The summed E-state index contributed by atoms with van der Waals surface area (Å²) in [5.74, 6) is -1.04. The molecule has 1 aliphatic heterocycles. The van der Waals surface area contributed by atoms with Crippen LogP contribution in [0.15, 0.2) is 28.9 Å². The van der Waals surface area contributed by atoms with Crippen molar-refractivity contribution in [3.8, 4) is 0 Å². The summed E-state index contributed by atoms with van der Waals surface area (Å²) in [6.45, 7) is 0.346. The summed E-state index contributed by atoms with van der Waals surface area (Å²) in [5.41, 5.74) is 1.06. The van der Waals surface area contributed by atoms with Crippen molar-refractivity contribution < 1.29 is 13.9 Å². The molecule has 0 bridgehead atoms. The van der Waals surface area contributed by atoms with E-state index in [-0.39, 0.29) is 22.1 Å². The fourth-order valence-corrected chi connectivity index (χ4v) is 3.33. The Morgan fingerprint density at radius 3 is 2.95 bits per heavy atom. The lowest BCUT2D eigenvalue weighted by molar-refractivity contribution is 0.170. The number of aromatic nitrogens is 1. The summed E-state index contributed by atoms with van der Waals surface area (Å²) in [7, 11) is 0. The molecule has 116 valence electrons. The SMILES string of the molecule is OC(Cc1cccnc1Cl)N1CCc2c(F)c(Br)cc(F)c21. The highest BCUT2D eigenvalue weighted by atomic mass is 79.9. The Morgan fingerprint density at radius 2 is 2.23 bits per heavy atom. The lowest BCUT2D eigenvalue weighted by atomic mass is 10.1. The zero-order chi connectivity index (χ0) is 15.9. The molecule has 0 saturated heterocycles. The van der Waals surface area contributed by atoms with Gasteiger partial charge in [-0.3, -0.25) is 0 Å². The molecule has 0 radical (unpaired) electrons. The van der Waals surface area contributed by atoms with Crippen molar-refractivity contribution in [3.05, 3.63) is 56.8 Å². The predicted octanol–water partition coefficient (Wildman–Crippen LogP) is 3.70. The van der Waals surface area contributed by atoms with E-state index in [9.17, 15) is 13.9 Å². The molecule has 1 N–H and O–H groups in total. The summed E-state index contributed by atoms with van der Waals surface area (Å²) in [6, 6.07) is 4.54. The van der Waals surface area contributed by atoms with Crippen LogP contribution in [0.4, 0.5) is 14.5 Å². The van der Waals surface area contributed by atoms with Crippen LogP contribution in [0.3, 0.4) is 0 Å². The van der Waals surface area contributed by atoms with E-state index in [0.29, 0.717) is 23.7 Å². The van der Waals surface area contributed by atoms with Gasteiger partial charge in [-0.1, -0.05) is 17.7 Å². The maximum atomic E-state index is 14.2. The van der Waals surface area contributed by atoms with Crippen LogP contribution < -0.4 is 4.90 Å². The van der Waals surface area contributed by atoms with Crippen molar-refractivity contribution in [3.63, 3.8) is 0 Å². The fraction of sp³-hybridized carbons (Fsp3) is 0.267. The number of nitrogens with zero attached hydrogens (tertiary/aromatic N) is 2. The van der Waals surface area contributed by atoms with E-state index in [1.807, 2.05) is 0 Å². The number of pyridine rings is 1. The average Bonchev–Trinajstić information content (AvgIpc) is 2.93. The standard InChI is InChI=1S/C15H12BrClF2N2O/c16-10-7-11(18)14-9(13(10)19)3-5-21(14)12(22)6-8-2-1-4-20-15(8)17/h1-2,4,7,12,22H,3,5-6H2. The molecule has 1 aromatic heterocycles. The largest absolute Gasteiger partial charge is 0.373 e. The molecule has 1 aliphatic rings. The molecule has 0 fully saturated rings. The van der Waals surface area contributed by atoms with Gasteiger partial charge in [0.15, 0.2) is 0 Å². The summed E-state index contributed by atoms with van der Waals surface area (Å²) in [5, 5.41) is 10.7. The molecule has 3 rings (SSSR count). The molecular weight excluding hydrogens is 378 g/mol. The Morgan fingerprint density at radius 1 is 1.45 bits per heavy atom. The Labute approximate surface area is 139 Å². The Hall–Kier alpha value is -1.24. The highest BCUT2D eigenvalue weighted by Gasteiger charge is 2.31. The minimum Gasteiger partial charge on any atom is -0.373 e. The van der Waals surface area contributed by atoms with Gasteiger partial charge >= 0.3 is 0 Å². The minimum absolute atomic E-state index is 0.0930. The number of aliphatic hydroxyl groups is 1. The van der Waals surface area contributed by atoms with E-state index in [4.69, 9.17) is 11.6 Å². The van der Waals surface area contributed by atoms with E-state index in [0.717, 1.165) is 6.07 Å². The predicted molar refractivity (Wildman–Crippen MR) is 84.1 cm³/mol. The van der Waals surface area contributed by atoms with Gasteiger partial charge in [-0.25, -0.2) is 13.8 Å². The summed E-state index contributed by atoms with van der Waals surface area (Å²) >= 11 is 8.97. The molecule has 1 atom stereocenters. The van der Waals surface area contributed by atoms with Gasteiger partial charge in [-0.05, 0) is 40.0 Å². The van der Waals surface area contributed by atoms with E-state index in [1.165, 1.54) is 4.90 Å². The monoisotopic (exact) mass is 388 g/mol. The quantitative estimate of drug-likeness (QED) is 0.642. The van der Waals surface area contributed by atoms with Crippen molar-refractivity contribution in [2.75, 3.05) is 11.4 Å². The van der Waals surface area contributed by atoms with Crippen LogP contribution in [0.25, 0.3) is 0 Å². The van der Waals surface area contributed by atoms with Crippen molar-refractivity contribution in [1.29, 1.82) is 0 Å². The van der Waals surface area contributed by atoms with E-state index in [1.54, 1.807) is 18.3 Å². The lowest BCUT2D eigenvalue weighted by Gasteiger charge is -2.26. The van der Waals surface area contributed by atoms with Crippen molar-refractivity contribution in [2.45, 2.75) is 19.1 Å². The molecule has 7 heteroatoms. The normalized spacial score (nSPS) is 15.0. The van der Waals surface area contributed by atoms with Gasteiger partial charge in [0.1, 0.15) is 23.0 Å². The van der Waals surface area contributed by atoms with Crippen LogP contribution >= 0.6 is 27.5 Å². The van der Waals surface area contributed by atoms with E-state index < -0.39 is 17.9 Å². The van der Waals surface area contributed by atoms with Crippen molar-refractivity contribution >= 4 is 33.2 Å². The Kier molecular flexibility index (Phi) is 4.34. The first kappa shape index (κ1) is 15.6. The van der Waals surface area contributed by atoms with Crippen LogP contribution in [0.5, 0.6) is 0 Å². The van der Waals surface area contributed by atoms with Crippen LogP contribution in [-0.2, 0) is 12.8 Å². The van der Waals surface area contributed by atoms with E-state index >= 15 is 0 Å². The average molecular weight is 390 g/mol. The number of rotatable bonds is 3. The van der Waals surface area contributed by atoms with Crippen molar-refractivity contribution in [2.24, 2.45) is 0 Å². The Balaban J connectivity index is 1.90. The summed E-state index contributed by atoms with van der Waals surface area (Å²) in [4.78, 5) is 5.40. The van der Waals surface area contributed by atoms with Gasteiger partial charge in [0, 0.05) is 24.7 Å². The second kappa shape index (κ2) is 6.10. The number of fused-ring (bicyclic) bond motifs is 1. The third-order valence-electron chi connectivity index (χ3n) is 3.73. The van der Waals surface area contributed by atoms with Gasteiger partial charge in [-0.15, -0.1) is 0 Å². The van der Waals surface area contributed by atoms with Crippen LogP contribution in [0.2, 0.25) is 5.15 Å². The zero-order valence-electron chi connectivity index (χ0n) is 11.4. The van der Waals surface area contributed by atoms with Gasteiger partial charge in [0.05, 0.1) is 10.2 Å². The van der Waals surface area contributed by atoms with Gasteiger partial charge < -0.3 is 10.0 Å². The molecular formula is C15H12BrClF2N2O. The molecule has 1 unspecified atom stereocenters. The first-order valence-electron chi connectivity index (χ1n) is 6.69. The number of aliphatic hydroxyl groups excluding tert-OH is 1. The molecule has 0 aliphatic carbocycles.